The summed E-state index contributed by atoms with van der Waals surface area (Å²) in [5, 5.41) is 12.4. The fraction of sp³-hybridized carbons (Fsp3) is 0.250. The molecule has 1 aromatic carbocycles. The number of fused-ring (bicyclic) bond motifs is 1. The Morgan fingerprint density at radius 1 is 1.29 bits per heavy atom. The van der Waals surface area contributed by atoms with Crippen molar-refractivity contribution in [2.45, 2.75) is 17.8 Å². The average Bonchev–Trinajstić information content (AvgIpc) is 2.99. The van der Waals surface area contributed by atoms with Crippen molar-refractivity contribution in [3.63, 3.8) is 0 Å². The monoisotopic (exact) mass is 347 g/mol. The van der Waals surface area contributed by atoms with Crippen molar-refractivity contribution < 1.29 is 18.4 Å². The van der Waals surface area contributed by atoms with Gasteiger partial charge in [0.25, 0.3) is 5.69 Å². The van der Waals surface area contributed by atoms with Crippen LogP contribution in [0.25, 0.3) is 11.0 Å². The number of aromatic nitrogens is 3. The van der Waals surface area contributed by atoms with E-state index in [9.17, 15) is 9.42 Å². The highest BCUT2D eigenvalue weighted by Gasteiger charge is 2.23. The van der Waals surface area contributed by atoms with Gasteiger partial charge in [0.15, 0.2) is 17.1 Å². The quantitative estimate of drug-likeness (QED) is 0.562. The molecular weight excluding hydrogens is 330 g/mol. The first-order valence-corrected chi connectivity index (χ1v) is 8.53. The highest BCUT2D eigenvalue weighted by atomic mass is 32.2. The van der Waals surface area contributed by atoms with Gasteiger partial charge in [-0.25, -0.2) is 4.98 Å². The lowest BCUT2D eigenvalue weighted by atomic mass is 10.2. The molecule has 0 aliphatic carbocycles. The Labute approximate surface area is 141 Å². The van der Waals surface area contributed by atoms with Crippen LogP contribution in [0.4, 0.5) is 0 Å². The summed E-state index contributed by atoms with van der Waals surface area (Å²) in [4.78, 5) is 7.39. The zero-order valence-corrected chi connectivity index (χ0v) is 14.3. The van der Waals surface area contributed by atoms with Gasteiger partial charge < -0.3 is 19.7 Å². The van der Waals surface area contributed by atoms with Crippen molar-refractivity contribution in [2.75, 3.05) is 14.2 Å². The second kappa shape index (κ2) is 6.48. The second-order valence-corrected chi connectivity index (χ2v) is 6.61. The standard InChI is InChI=1S/C16H17N3O4S/c1-10-4-5-11-12(8-10)18-16(17-11)24(21)9-13-15(23-3)14(22-2)6-7-19(13)20/h4-8H,9H2,1-3H3,(H,17,18)/t24-/m1/s1. The van der Waals surface area contributed by atoms with Crippen LogP contribution >= 0.6 is 0 Å². The maximum Gasteiger partial charge on any atom is 0.251 e. The number of H-pyrrole nitrogens is 1. The lowest BCUT2D eigenvalue weighted by Crippen LogP contribution is -2.32. The zero-order valence-electron chi connectivity index (χ0n) is 13.5. The van der Waals surface area contributed by atoms with Gasteiger partial charge in [0.05, 0.1) is 36.1 Å². The van der Waals surface area contributed by atoms with Crippen LogP contribution in [0.3, 0.4) is 0 Å². The van der Waals surface area contributed by atoms with Gasteiger partial charge in [0.1, 0.15) is 5.75 Å². The molecule has 0 fully saturated rings. The van der Waals surface area contributed by atoms with E-state index in [0.717, 1.165) is 16.6 Å². The van der Waals surface area contributed by atoms with Crippen LogP contribution in [-0.2, 0) is 16.6 Å². The van der Waals surface area contributed by atoms with Gasteiger partial charge in [0, 0.05) is 6.07 Å². The van der Waals surface area contributed by atoms with Crippen LogP contribution in [0.1, 0.15) is 11.3 Å². The van der Waals surface area contributed by atoms with E-state index in [1.807, 2.05) is 25.1 Å². The van der Waals surface area contributed by atoms with Gasteiger partial charge >= 0.3 is 0 Å². The van der Waals surface area contributed by atoms with Gasteiger partial charge in [0.2, 0.25) is 5.75 Å². The van der Waals surface area contributed by atoms with Gasteiger partial charge in [-0.15, -0.1) is 0 Å². The normalized spacial score (nSPS) is 12.3. The third-order valence-electron chi connectivity index (χ3n) is 3.64. The number of nitrogens with zero attached hydrogens (tertiary/aromatic N) is 2. The Balaban J connectivity index is 1.96. The van der Waals surface area contributed by atoms with Crippen LogP contribution in [0, 0.1) is 12.1 Å². The van der Waals surface area contributed by atoms with E-state index in [1.54, 1.807) is 0 Å². The highest BCUT2D eigenvalue weighted by molar-refractivity contribution is 7.84. The molecular formula is C16H17N3O4S. The maximum atomic E-state index is 12.7. The topological polar surface area (TPSA) is 91.1 Å². The summed E-state index contributed by atoms with van der Waals surface area (Å²) in [6, 6.07) is 7.24. The van der Waals surface area contributed by atoms with Crippen molar-refractivity contribution >= 4 is 21.8 Å². The summed E-state index contributed by atoms with van der Waals surface area (Å²) < 4.78 is 23.7. The number of ether oxygens (including phenoxy) is 2. The van der Waals surface area contributed by atoms with Crippen molar-refractivity contribution in [1.29, 1.82) is 0 Å². The predicted molar refractivity (Wildman–Crippen MR) is 89.4 cm³/mol. The number of methoxy groups -OCH3 is 2. The number of benzene rings is 1. The Morgan fingerprint density at radius 3 is 2.79 bits per heavy atom. The zero-order chi connectivity index (χ0) is 17.3. The molecule has 0 saturated heterocycles. The molecule has 1 N–H and O–H groups in total. The summed E-state index contributed by atoms with van der Waals surface area (Å²) in [5.74, 6) is 0.648. The molecule has 0 saturated carbocycles. The molecule has 2 heterocycles. The molecule has 24 heavy (non-hydrogen) atoms. The third kappa shape index (κ3) is 2.92. The van der Waals surface area contributed by atoms with Crippen LogP contribution < -0.4 is 14.2 Å². The molecule has 0 aliphatic heterocycles. The Morgan fingerprint density at radius 2 is 2.08 bits per heavy atom. The first kappa shape index (κ1) is 16.3. The van der Waals surface area contributed by atoms with E-state index in [1.165, 1.54) is 26.5 Å². The molecule has 126 valence electrons. The lowest BCUT2D eigenvalue weighted by Gasteiger charge is -2.11. The average molecular weight is 347 g/mol. The summed E-state index contributed by atoms with van der Waals surface area (Å²) in [6.07, 6.45) is 1.30. The Bertz CT molecular complexity index is 923. The summed E-state index contributed by atoms with van der Waals surface area (Å²) in [7, 11) is 1.39. The van der Waals surface area contributed by atoms with Crippen LogP contribution in [-0.4, -0.2) is 28.4 Å². The van der Waals surface area contributed by atoms with Gasteiger partial charge in [-0.1, -0.05) is 6.07 Å². The van der Waals surface area contributed by atoms with E-state index in [2.05, 4.69) is 9.97 Å². The van der Waals surface area contributed by atoms with E-state index >= 15 is 0 Å². The van der Waals surface area contributed by atoms with Crippen molar-refractivity contribution in [3.05, 3.63) is 46.9 Å². The second-order valence-electron chi connectivity index (χ2n) is 5.24. The summed E-state index contributed by atoms with van der Waals surface area (Å²) >= 11 is 0. The number of aromatic amines is 1. The molecule has 0 radical (unpaired) electrons. The molecule has 1 atom stereocenters. The molecule has 0 bridgehead atoms. The maximum absolute atomic E-state index is 12.7. The van der Waals surface area contributed by atoms with E-state index in [-0.39, 0.29) is 17.2 Å². The fourth-order valence-electron chi connectivity index (χ4n) is 2.45. The number of imidazole rings is 1. The molecule has 7 nitrogen and oxygen atoms in total. The first-order chi connectivity index (χ1) is 11.5. The number of hydrogen-bond acceptors (Lipinski definition) is 5. The van der Waals surface area contributed by atoms with E-state index in [0.29, 0.717) is 15.6 Å². The summed E-state index contributed by atoms with van der Waals surface area (Å²) in [6.45, 7) is 1.97. The summed E-state index contributed by atoms with van der Waals surface area (Å²) in [5.41, 5.74) is 2.85. The largest absolute Gasteiger partial charge is 0.618 e. The van der Waals surface area contributed by atoms with Crippen LogP contribution in [0.2, 0.25) is 0 Å². The fourth-order valence-corrected chi connectivity index (χ4v) is 3.52. The van der Waals surface area contributed by atoms with Crippen molar-refractivity contribution in [1.82, 2.24) is 9.97 Å². The highest BCUT2D eigenvalue weighted by Crippen LogP contribution is 2.29. The number of hydrogen-bond donors (Lipinski definition) is 1. The molecule has 0 aliphatic rings. The minimum absolute atomic E-state index is 0.0390. The molecule has 8 heteroatoms. The minimum Gasteiger partial charge on any atom is -0.618 e. The molecule has 3 rings (SSSR count). The Hall–Kier alpha value is -2.61. The molecule has 0 unspecified atom stereocenters. The first-order valence-electron chi connectivity index (χ1n) is 7.21. The smallest absolute Gasteiger partial charge is 0.251 e. The molecule has 0 spiro atoms. The molecule has 0 amide bonds. The van der Waals surface area contributed by atoms with Crippen molar-refractivity contribution in [2.24, 2.45) is 0 Å². The van der Waals surface area contributed by atoms with Gasteiger partial charge in [-0.3, -0.25) is 4.21 Å². The van der Waals surface area contributed by atoms with E-state index in [4.69, 9.17) is 9.47 Å². The number of nitrogens with one attached hydrogen (secondary N) is 1. The Kier molecular flexibility index (Phi) is 4.39. The number of rotatable bonds is 5. The molecule has 3 aromatic rings. The van der Waals surface area contributed by atoms with Gasteiger partial charge in [-0.2, -0.15) is 4.73 Å². The van der Waals surface area contributed by atoms with Gasteiger partial charge in [-0.05, 0) is 24.6 Å². The lowest BCUT2D eigenvalue weighted by molar-refractivity contribution is -0.613. The molecule has 2 aromatic heterocycles. The number of pyridine rings is 1. The van der Waals surface area contributed by atoms with E-state index < -0.39 is 10.8 Å². The predicted octanol–water partition coefficient (Wildman–Crippen LogP) is 1.83. The van der Waals surface area contributed by atoms with Crippen LogP contribution in [0.15, 0.2) is 35.6 Å². The minimum atomic E-state index is -1.53. The SMILES string of the molecule is COc1cc[n+]([O-])c(C[S@@](=O)c2nc3ccc(C)cc3[nH]2)c1OC. The third-order valence-corrected chi connectivity index (χ3v) is 4.80. The van der Waals surface area contributed by atoms with Crippen molar-refractivity contribution in [3.8, 4) is 11.5 Å². The van der Waals surface area contributed by atoms with Crippen LogP contribution in [0.5, 0.6) is 11.5 Å². The number of aryl methyl sites for hydroxylation is 1.